The van der Waals surface area contributed by atoms with E-state index in [0.29, 0.717) is 5.69 Å². The van der Waals surface area contributed by atoms with Crippen molar-refractivity contribution in [2.75, 3.05) is 7.11 Å². The molecule has 1 amide bonds. The summed E-state index contributed by atoms with van der Waals surface area (Å²) in [7, 11) is 1.63. The third-order valence-electron chi connectivity index (χ3n) is 4.32. The topological polar surface area (TPSA) is 56.1 Å². The van der Waals surface area contributed by atoms with E-state index < -0.39 is 0 Å². The summed E-state index contributed by atoms with van der Waals surface area (Å²) in [5.74, 6) is 0.549. The molecule has 1 atom stereocenters. The number of benzene rings is 2. The highest BCUT2D eigenvalue weighted by Gasteiger charge is 2.18. The molecule has 3 rings (SSSR count). The fourth-order valence-electron chi connectivity index (χ4n) is 2.96. The van der Waals surface area contributed by atoms with Crippen LogP contribution in [0.25, 0.3) is 5.69 Å². The van der Waals surface area contributed by atoms with Gasteiger partial charge in [0.25, 0.3) is 5.91 Å². The first kappa shape index (κ1) is 17.7. The number of aromatic nitrogens is 2. The quantitative estimate of drug-likeness (QED) is 0.758. The minimum atomic E-state index is -0.209. The number of ether oxygens (including phenoxy) is 1. The maximum Gasteiger partial charge on any atom is 0.272 e. The van der Waals surface area contributed by atoms with E-state index in [1.54, 1.807) is 17.9 Å². The summed E-state index contributed by atoms with van der Waals surface area (Å²) in [5, 5.41) is 7.47. The number of rotatable bonds is 5. The Bertz CT molecular complexity index is 916. The molecule has 2 aromatic carbocycles. The highest BCUT2D eigenvalue weighted by atomic mass is 16.5. The summed E-state index contributed by atoms with van der Waals surface area (Å²) in [5.41, 5.74) is 4.29. The van der Waals surface area contributed by atoms with E-state index in [9.17, 15) is 4.79 Å². The predicted molar refractivity (Wildman–Crippen MR) is 102 cm³/mol. The van der Waals surface area contributed by atoms with Crippen molar-refractivity contribution in [1.29, 1.82) is 0 Å². The zero-order valence-corrected chi connectivity index (χ0v) is 15.5. The van der Waals surface area contributed by atoms with Gasteiger partial charge in [-0.2, -0.15) is 5.10 Å². The van der Waals surface area contributed by atoms with Gasteiger partial charge in [-0.3, -0.25) is 4.79 Å². The number of carbonyl (C=O) groups excluding carboxylic acids is 1. The van der Waals surface area contributed by atoms with Crippen molar-refractivity contribution in [2.45, 2.75) is 26.8 Å². The van der Waals surface area contributed by atoms with Crippen molar-refractivity contribution in [3.63, 3.8) is 0 Å². The van der Waals surface area contributed by atoms with Crippen LogP contribution >= 0.6 is 0 Å². The Balaban J connectivity index is 1.82. The van der Waals surface area contributed by atoms with E-state index in [1.807, 2.05) is 69.3 Å². The van der Waals surface area contributed by atoms with Gasteiger partial charge in [0.05, 0.1) is 18.8 Å². The summed E-state index contributed by atoms with van der Waals surface area (Å²) >= 11 is 0. The largest absolute Gasteiger partial charge is 0.496 e. The maximum absolute atomic E-state index is 12.7. The first-order chi connectivity index (χ1) is 12.5. The van der Waals surface area contributed by atoms with E-state index in [4.69, 9.17) is 4.74 Å². The normalized spacial score (nSPS) is 11.8. The van der Waals surface area contributed by atoms with Gasteiger partial charge in [0.2, 0.25) is 0 Å². The molecule has 0 aliphatic rings. The van der Waals surface area contributed by atoms with Crippen molar-refractivity contribution in [3.05, 3.63) is 77.1 Å². The van der Waals surface area contributed by atoms with Gasteiger partial charge in [-0.15, -0.1) is 0 Å². The lowest BCUT2D eigenvalue weighted by atomic mass is 10.0. The molecule has 0 saturated heterocycles. The van der Waals surface area contributed by atoms with Crippen molar-refractivity contribution >= 4 is 5.91 Å². The lowest BCUT2D eigenvalue weighted by Gasteiger charge is -2.17. The minimum Gasteiger partial charge on any atom is -0.496 e. The van der Waals surface area contributed by atoms with Crippen molar-refractivity contribution in [3.8, 4) is 11.4 Å². The molecule has 0 saturated carbocycles. The van der Waals surface area contributed by atoms with Crippen molar-refractivity contribution in [2.24, 2.45) is 0 Å². The molecule has 0 aliphatic carbocycles. The molecule has 1 N–H and O–H groups in total. The molecule has 1 heterocycles. The molecule has 26 heavy (non-hydrogen) atoms. The second-order valence-electron chi connectivity index (χ2n) is 6.36. The number of carbonyl (C=O) groups is 1. The zero-order valence-electron chi connectivity index (χ0n) is 15.5. The van der Waals surface area contributed by atoms with Crippen LogP contribution < -0.4 is 10.1 Å². The fraction of sp³-hybridized carbons (Fsp3) is 0.238. The van der Waals surface area contributed by atoms with E-state index in [1.165, 1.54) is 0 Å². The SMILES string of the molecule is COc1ccc(C)cc1C(C)NC(=O)c1cc(C)n(-c2ccccc2)n1. The molecule has 0 radical (unpaired) electrons. The Morgan fingerprint density at radius 3 is 2.54 bits per heavy atom. The number of nitrogens with one attached hydrogen (secondary N) is 1. The van der Waals surface area contributed by atoms with E-state index in [2.05, 4.69) is 10.4 Å². The van der Waals surface area contributed by atoms with E-state index in [0.717, 1.165) is 28.3 Å². The molecule has 0 fully saturated rings. The van der Waals surface area contributed by atoms with E-state index in [-0.39, 0.29) is 11.9 Å². The summed E-state index contributed by atoms with van der Waals surface area (Å²) in [6.07, 6.45) is 0. The lowest BCUT2D eigenvalue weighted by molar-refractivity contribution is 0.0934. The van der Waals surface area contributed by atoms with Crippen molar-refractivity contribution in [1.82, 2.24) is 15.1 Å². The third kappa shape index (κ3) is 3.61. The lowest BCUT2D eigenvalue weighted by Crippen LogP contribution is -2.27. The second-order valence-corrected chi connectivity index (χ2v) is 6.36. The van der Waals surface area contributed by atoms with Crippen molar-refractivity contribution < 1.29 is 9.53 Å². The van der Waals surface area contributed by atoms with Gasteiger partial charge >= 0.3 is 0 Å². The minimum absolute atomic E-state index is 0.195. The Morgan fingerprint density at radius 2 is 1.85 bits per heavy atom. The summed E-state index contributed by atoms with van der Waals surface area (Å²) in [4.78, 5) is 12.7. The van der Waals surface area contributed by atoms with Gasteiger partial charge < -0.3 is 10.1 Å². The van der Waals surface area contributed by atoms with Crippen LogP contribution in [-0.4, -0.2) is 22.8 Å². The van der Waals surface area contributed by atoms with Crippen LogP contribution in [0.3, 0.4) is 0 Å². The van der Waals surface area contributed by atoms with Crippen LogP contribution in [0.1, 0.15) is 40.3 Å². The summed E-state index contributed by atoms with van der Waals surface area (Å²) < 4.78 is 7.19. The van der Waals surface area contributed by atoms with Gasteiger partial charge in [0, 0.05) is 11.3 Å². The third-order valence-corrected chi connectivity index (χ3v) is 4.32. The van der Waals surface area contributed by atoms with Gasteiger partial charge in [0.15, 0.2) is 5.69 Å². The molecule has 0 spiro atoms. The van der Waals surface area contributed by atoms with Gasteiger partial charge in [-0.25, -0.2) is 4.68 Å². The number of methoxy groups -OCH3 is 1. The van der Waals surface area contributed by atoms with Crippen LogP contribution in [0, 0.1) is 13.8 Å². The highest BCUT2D eigenvalue weighted by Crippen LogP contribution is 2.26. The van der Waals surface area contributed by atoms with Gasteiger partial charge in [-0.05, 0) is 45.0 Å². The molecule has 3 aromatic rings. The van der Waals surface area contributed by atoms with Gasteiger partial charge in [-0.1, -0.05) is 35.9 Å². The second kappa shape index (κ2) is 7.44. The molecule has 5 nitrogen and oxygen atoms in total. The first-order valence-electron chi connectivity index (χ1n) is 8.57. The molecule has 1 aromatic heterocycles. The molecule has 0 aliphatic heterocycles. The molecule has 5 heteroatoms. The van der Waals surface area contributed by atoms with Crippen LogP contribution in [0.4, 0.5) is 0 Å². The molecule has 1 unspecified atom stereocenters. The monoisotopic (exact) mass is 349 g/mol. The number of hydrogen-bond acceptors (Lipinski definition) is 3. The molecule has 0 bridgehead atoms. The smallest absolute Gasteiger partial charge is 0.272 e. The van der Waals surface area contributed by atoms with Gasteiger partial charge in [0.1, 0.15) is 5.75 Å². The first-order valence-corrected chi connectivity index (χ1v) is 8.57. The number of hydrogen-bond donors (Lipinski definition) is 1. The van der Waals surface area contributed by atoms with Crippen LogP contribution in [0.2, 0.25) is 0 Å². The Morgan fingerprint density at radius 1 is 1.12 bits per heavy atom. The Labute approximate surface area is 153 Å². The standard InChI is InChI=1S/C21H23N3O2/c1-14-10-11-20(26-4)18(12-14)16(3)22-21(25)19-13-15(2)24(23-19)17-8-6-5-7-9-17/h5-13,16H,1-4H3,(H,22,25). The number of amides is 1. The highest BCUT2D eigenvalue weighted by molar-refractivity contribution is 5.92. The number of para-hydroxylation sites is 1. The summed E-state index contributed by atoms with van der Waals surface area (Å²) in [6.45, 7) is 5.89. The number of aryl methyl sites for hydroxylation is 2. The average Bonchev–Trinajstić information content (AvgIpc) is 3.04. The maximum atomic E-state index is 12.7. The Hall–Kier alpha value is -3.08. The molecular weight excluding hydrogens is 326 g/mol. The summed E-state index contributed by atoms with van der Waals surface area (Å²) in [6, 6.07) is 17.3. The van der Waals surface area contributed by atoms with Crippen LogP contribution in [0.5, 0.6) is 5.75 Å². The average molecular weight is 349 g/mol. The van der Waals surface area contributed by atoms with Crippen LogP contribution in [-0.2, 0) is 0 Å². The van der Waals surface area contributed by atoms with E-state index >= 15 is 0 Å². The molecule has 134 valence electrons. The van der Waals surface area contributed by atoms with Crippen LogP contribution in [0.15, 0.2) is 54.6 Å². The number of nitrogens with zero attached hydrogens (tertiary/aromatic N) is 2. The predicted octanol–water partition coefficient (Wildman–Crippen LogP) is 3.99. The Kier molecular flexibility index (Phi) is 5.07. The molecular formula is C21H23N3O2. The fourth-order valence-corrected chi connectivity index (χ4v) is 2.96. The zero-order chi connectivity index (χ0) is 18.7.